The van der Waals surface area contributed by atoms with Crippen LogP contribution in [0.4, 0.5) is 0 Å². The van der Waals surface area contributed by atoms with Crippen molar-refractivity contribution in [3.8, 4) is 0 Å². The molecule has 2 aliphatic carbocycles. The van der Waals surface area contributed by atoms with Crippen molar-refractivity contribution in [2.24, 2.45) is 17.6 Å². The highest BCUT2D eigenvalue weighted by Crippen LogP contribution is 2.41. The van der Waals surface area contributed by atoms with Crippen LogP contribution >= 0.6 is 0 Å². The number of hydrogen-bond acceptors (Lipinski definition) is 1. The minimum absolute atomic E-state index is 0.613. The van der Waals surface area contributed by atoms with Gasteiger partial charge in [-0.05, 0) is 47.5 Å². The first-order valence-electron chi connectivity index (χ1n) is 6.66. The quantitative estimate of drug-likeness (QED) is 0.787. The molecule has 0 bridgehead atoms. The van der Waals surface area contributed by atoms with E-state index < -0.39 is 0 Å². The summed E-state index contributed by atoms with van der Waals surface area (Å²) >= 11 is 0. The maximum atomic E-state index is 5.95. The van der Waals surface area contributed by atoms with E-state index in [1.807, 2.05) is 0 Å². The van der Waals surface area contributed by atoms with Gasteiger partial charge in [0.25, 0.3) is 0 Å². The third-order valence-electron chi connectivity index (χ3n) is 4.09. The Hall–Kier alpha value is -1.76. The fourth-order valence-corrected chi connectivity index (χ4v) is 3.05. The number of fused-ring (bicyclic) bond motifs is 1. The molecule has 0 aliphatic heterocycles. The normalized spacial score (nSPS) is 26.8. The van der Waals surface area contributed by atoms with Gasteiger partial charge >= 0.3 is 0 Å². The molecule has 0 fully saturated rings. The lowest BCUT2D eigenvalue weighted by atomic mass is 9.72. The summed E-state index contributed by atoms with van der Waals surface area (Å²) in [5.41, 5.74) is 11.2. The number of allylic oxidation sites excluding steroid dienone is 6. The summed E-state index contributed by atoms with van der Waals surface area (Å²) in [7, 11) is 0. The smallest absolute Gasteiger partial charge is 0.00868 e. The van der Waals surface area contributed by atoms with Gasteiger partial charge < -0.3 is 5.73 Å². The molecule has 0 saturated heterocycles. The van der Waals surface area contributed by atoms with E-state index in [1.165, 1.54) is 16.7 Å². The predicted molar refractivity (Wildman–Crippen MR) is 76.7 cm³/mol. The van der Waals surface area contributed by atoms with Crippen molar-refractivity contribution in [2.75, 3.05) is 0 Å². The Kier molecular flexibility index (Phi) is 2.83. The Morgan fingerprint density at radius 3 is 2.61 bits per heavy atom. The molecule has 92 valence electrons. The van der Waals surface area contributed by atoms with Crippen molar-refractivity contribution in [1.29, 1.82) is 0 Å². The molecular formula is C17H19N. The first-order valence-corrected chi connectivity index (χ1v) is 6.66. The molecule has 0 saturated carbocycles. The van der Waals surface area contributed by atoms with Crippen molar-refractivity contribution in [3.63, 3.8) is 0 Å². The minimum atomic E-state index is 0.613. The van der Waals surface area contributed by atoms with E-state index in [9.17, 15) is 0 Å². The van der Waals surface area contributed by atoms with E-state index in [-0.39, 0.29) is 0 Å². The second-order valence-electron chi connectivity index (χ2n) is 5.44. The molecule has 2 atom stereocenters. The summed E-state index contributed by atoms with van der Waals surface area (Å²) in [5, 5.41) is 0. The molecule has 18 heavy (non-hydrogen) atoms. The van der Waals surface area contributed by atoms with E-state index in [2.05, 4.69) is 55.5 Å². The maximum Gasteiger partial charge on any atom is 0.00868 e. The lowest BCUT2D eigenvalue weighted by molar-refractivity contribution is 0.406. The molecule has 3 rings (SSSR count). The fraction of sp³-hybridized carbons (Fsp3) is 0.294. The summed E-state index contributed by atoms with van der Waals surface area (Å²) in [4.78, 5) is 0. The van der Waals surface area contributed by atoms with Gasteiger partial charge in [0.05, 0.1) is 0 Å². The Labute approximate surface area is 109 Å². The van der Waals surface area contributed by atoms with E-state index in [0.29, 0.717) is 11.8 Å². The molecule has 1 aromatic rings. The molecule has 0 spiro atoms. The van der Waals surface area contributed by atoms with Crippen LogP contribution in [0.1, 0.15) is 25.3 Å². The Morgan fingerprint density at radius 1 is 1.06 bits per heavy atom. The zero-order valence-electron chi connectivity index (χ0n) is 10.8. The molecule has 2 unspecified atom stereocenters. The van der Waals surface area contributed by atoms with E-state index in [4.69, 9.17) is 5.73 Å². The Morgan fingerprint density at radius 2 is 1.83 bits per heavy atom. The Bertz CT molecular complexity index is 534. The molecular weight excluding hydrogens is 218 g/mol. The molecule has 2 aliphatic rings. The number of nitrogens with two attached hydrogens (primary N) is 1. The minimum Gasteiger partial charge on any atom is -0.402 e. The summed E-state index contributed by atoms with van der Waals surface area (Å²) in [6.45, 7) is 2.34. The molecule has 1 heteroatoms. The average Bonchev–Trinajstić information content (AvgIpc) is 2.40. The molecule has 1 nitrogen and oxygen atoms in total. The third kappa shape index (κ3) is 2.01. The lowest BCUT2D eigenvalue weighted by Gasteiger charge is -2.33. The summed E-state index contributed by atoms with van der Waals surface area (Å²) in [6.07, 6.45) is 8.79. The van der Waals surface area contributed by atoms with Gasteiger partial charge in [0.2, 0.25) is 0 Å². The molecule has 1 aromatic carbocycles. The van der Waals surface area contributed by atoms with Crippen LogP contribution in [-0.2, 0) is 0 Å². The van der Waals surface area contributed by atoms with Crippen LogP contribution in [0.25, 0.3) is 5.57 Å². The van der Waals surface area contributed by atoms with Gasteiger partial charge in [-0.3, -0.25) is 0 Å². The summed E-state index contributed by atoms with van der Waals surface area (Å²) < 4.78 is 0. The zero-order valence-corrected chi connectivity index (χ0v) is 10.8. The second-order valence-corrected chi connectivity index (χ2v) is 5.44. The number of benzene rings is 1. The van der Waals surface area contributed by atoms with Crippen molar-refractivity contribution in [1.82, 2.24) is 0 Å². The summed E-state index contributed by atoms with van der Waals surface area (Å²) in [6, 6.07) is 10.7. The summed E-state index contributed by atoms with van der Waals surface area (Å²) in [5.74, 6) is 1.28. The van der Waals surface area contributed by atoms with Gasteiger partial charge in [-0.2, -0.15) is 0 Å². The fourth-order valence-electron chi connectivity index (χ4n) is 3.05. The van der Waals surface area contributed by atoms with Crippen molar-refractivity contribution >= 4 is 5.57 Å². The van der Waals surface area contributed by atoms with Crippen molar-refractivity contribution in [2.45, 2.75) is 19.8 Å². The van der Waals surface area contributed by atoms with E-state index in [1.54, 1.807) is 0 Å². The van der Waals surface area contributed by atoms with Crippen LogP contribution in [0.3, 0.4) is 0 Å². The van der Waals surface area contributed by atoms with Gasteiger partial charge in [-0.15, -0.1) is 0 Å². The molecule has 2 N–H and O–H groups in total. The first kappa shape index (κ1) is 11.3. The van der Waals surface area contributed by atoms with Crippen LogP contribution in [0.15, 0.2) is 59.8 Å². The molecule has 0 amide bonds. The monoisotopic (exact) mass is 237 g/mol. The van der Waals surface area contributed by atoms with Gasteiger partial charge in [0.1, 0.15) is 0 Å². The number of rotatable bonds is 1. The van der Waals surface area contributed by atoms with E-state index >= 15 is 0 Å². The van der Waals surface area contributed by atoms with Crippen LogP contribution in [0.5, 0.6) is 0 Å². The maximum absolute atomic E-state index is 5.95. The molecule has 0 aromatic heterocycles. The van der Waals surface area contributed by atoms with Crippen molar-refractivity contribution in [3.05, 3.63) is 65.4 Å². The Balaban J connectivity index is 1.99. The number of hydrogen-bond donors (Lipinski definition) is 1. The third-order valence-corrected chi connectivity index (χ3v) is 4.09. The van der Waals surface area contributed by atoms with Crippen LogP contribution in [0, 0.1) is 11.8 Å². The topological polar surface area (TPSA) is 26.0 Å². The SMILES string of the molecule is CC1CC(c2ccccc2)=CC2=CC=C(N)CC21. The van der Waals surface area contributed by atoms with Gasteiger partial charge in [0, 0.05) is 5.70 Å². The largest absolute Gasteiger partial charge is 0.402 e. The standard InChI is InChI=1S/C17H19N/c1-12-9-15(13-5-3-2-4-6-13)10-14-7-8-16(18)11-17(12)14/h2-8,10,12,17H,9,11,18H2,1H3. The van der Waals surface area contributed by atoms with E-state index in [0.717, 1.165) is 18.5 Å². The predicted octanol–water partition coefficient (Wildman–Crippen LogP) is 3.90. The zero-order chi connectivity index (χ0) is 12.5. The highest BCUT2D eigenvalue weighted by atomic mass is 14.6. The van der Waals surface area contributed by atoms with Crippen molar-refractivity contribution < 1.29 is 0 Å². The lowest BCUT2D eigenvalue weighted by Crippen LogP contribution is -2.22. The van der Waals surface area contributed by atoms with Gasteiger partial charge in [-0.25, -0.2) is 0 Å². The highest BCUT2D eigenvalue weighted by molar-refractivity contribution is 5.70. The second kappa shape index (κ2) is 4.49. The van der Waals surface area contributed by atoms with Crippen LogP contribution in [0.2, 0.25) is 0 Å². The average molecular weight is 237 g/mol. The van der Waals surface area contributed by atoms with Gasteiger partial charge in [0.15, 0.2) is 0 Å². The van der Waals surface area contributed by atoms with Gasteiger partial charge in [-0.1, -0.05) is 49.4 Å². The molecule has 0 radical (unpaired) electrons. The van der Waals surface area contributed by atoms with Crippen LogP contribution in [-0.4, -0.2) is 0 Å². The molecule has 0 heterocycles. The highest BCUT2D eigenvalue weighted by Gasteiger charge is 2.28. The van der Waals surface area contributed by atoms with Crippen LogP contribution < -0.4 is 5.73 Å². The first-order chi connectivity index (χ1) is 8.74.